The van der Waals surface area contributed by atoms with Crippen LogP contribution in [0.3, 0.4) is 0 Å². The fourth-order valence-electron chi connectivity index (χ4n) is 1.27. The van der Waals surface area contributed by atoms with Crippen molar-refractivity contribution in [3.05, 3.63) is 58.6 Å². The van der Waals surface area contributed by atoms with Gasteiger partial charge in [-0.25, -0.2) is 0 Å². The van der Waals surface area contributed by atoms with E-state index in [0.29, 0.717) is 15.7 Å². The van der Waals surface area contributed by atoms with Gasteiger partial charge in [0.25, 0.3) is 10.1 Å². The van der Waals surface area contributed by atoms with E-state index in [4.69, 9.17) is 10.3 Å². The summed E-state index contributed by atoms with van der Waals surface area (Å²) in [5.74, 6) is 0. The molecule has 0 aliphatic heterocycles. The Morgan fingerprint density at radius 1 is 1.05 bits per heavy atom. The van der Waals surface area contributed by atoms with Crippen LogP contribution in [0.4, 0.5) is 5.69 Å². The SMILES string of the molecule is Nc1ccccc1C=O.O=S(=O)(O)c1ccccc1Br. The lowest BCUT2D eigenvalue weighted by Gasteiger charge is -1.97. The zero-order valence-corrected chi connectivity index (χ0v) is 12.6. The number of nitrogen functional groups attached to an aromatic ring is 1. The highest BCUT2D eigenvalue weighted by Gasteiger charge is 2.11. The number of aldehydes is 1. The maximum atomic E-state index is 10.6. The number of hydrogen-bond donors (Lipinski definition) is 2. The summed E-state index contributed by atoms with van der Waals surface area (Å²) in [5.41, 5.74) is 6.49. The lowest BCUT2D eigenvalue weighted by Crippen LogP contribution is -1.98. The zero-order valence-electron chi connectivity index (χ0n) is 10.2. The summed E-state index contributed by atoms with van der Waals surface area (Å²) in [6.45, 7) is 0. The Morgan fingerprint density at radius 2 is 1.60 bits per heavy atom. The van der Waals surface area contributed by atoms with Crippen LogP contribution in [0.1, 0.15) is 10.4 Å². The van der Waals surface area contributed by atoms with Crippen LogP contribution in [0.5, 0.6) is 0 Å². The zero-order chi connectivity index (χ0) is 15.2. The van der Waals surface area contributed by atoms with E-state index in [1.165, 1.54) is 12.1 Å². The van der Waals surface area contributed by atoms with Crippen molar-refractivity contribution < 1.29 is 17.8 Å². The third-order valence-corrected chi connectivity index (χ3v) is 4.10. The number of nitrogens with two attached hydrogens (primary N) is 1. The molecule has 0 radical (unpaired) electrons. The van der Waals surface area contributed by atoms with Crippen LogP contribution in [0.15, 0.2) is 57.9 Å². The van der Waals surface area contributed by atoms with Crippen molar-refractivity contribution in [1.29, 1.82) is 0 Å². The van der Waals surface area contributed by atoms with Crippen molar-refractivity contribution >= 4 is 38.0 Å². The lowest BCUT2D eigenvalue weighted by molar-refractivity contribution is 0.112. The number of carbonyl (C=O) groups excluding carboxylic acids is 1. The van der Waals surface area contributed by atoms with Crippen LogP contribution in [-0.2, 0) is 10.1 Å². The van der Waals surface area contributed by atoms with E-state index in [1.807, 2.05) is 0 Å². The minimum absolute atomic E-state index is 0.111. The first-order valence-electron chi connectivity index (χ1n) is 5.38. The number of para-hydroxylation sites is 1. The average Bonchev–Trinajstić information content (AvgIpc) is 2.39. The molecule has 2 rings (SSSR count). The van der Waals surface area contributed by atoms with E-state index in [1.54, 1.807) is 36.4 Å². The summed E-state index contributed by atoms with van der Waals surface area (Å²) in [6.07, 6.45) is 0.745. The summed E-state index contributed by atoms with van der Waals surface area (Å²) in [7, 11) is -4.08. The maximum absolute atomic E-state index is 10.6. The Hall–Kier alpha value is -1.70. The predicted octanol–water partition coefficient (Wildman–Crippen LogP) is 2.78. The molecule has 2 aromatic rings. The molecule has 3 N–H and O–H groups in total. The summed E-state index contributed by atoms with van der Waals surface area (Å²) >= 11 is 2.99. The van der Waals surface area contributed by atoms with Gasteiger partial charge in [0.15, 0.2) is 6.29 Å². The molecule has 0 aliphatic rings. The van der Waals surface area contributed by atoms with Crippen molar-refractivity contribution in [1.82, 2.24) is 0 Å². The highest BCUT2D eigenvalue weighted by molar-refractivity contribution is 9.10. The summed E-state index contributed by atoms with van der Waals surface area (Å²) in [5, 5.41) is 0. The highest BCUT2D eigenvalue weighted by atomic mass is 79.9. The largest absolute Gasteiger partial charge is 0.398 e. The first kappa shape index (κ1) is 16.4. The first-order valence-corrected chi connectivity index (χ1v) is 7.61. The molecule has 0 bridgehead atoms. The smallest absolute Gasteiger partial charge is 0.295 e. The average molecular weight is 358 g/mol. The van der Waals surface area contributed by atoms with E-state index in [2.05, 4.69) is 15.9 Å². The van der Waals surface area contributed by atoms with Crippen LogP contribution in [0, 0.1) is 0 Å². The van der Waals surface area contributed by atoms with Gasteiger partial charge >= 0.3 is 0 Å². The Balaban J connectivity index is 0.000000204. The number of anilines is 1. The molecule has 7 heteroatoms. The van der Waals surface area contributed by atoms with Crippen molar-refractivity contribution in [3.8, 4) is 0 Å². The lowest BCUT2D eigenvalue weighted by atomic mass is 10.2. The summed E-state index contributed by atoms with van der Waals surface area (Å²) in [6, 6.07) is 13.0. The van der Waals surface area contributed by atoms with Gasteiger partial charge in [0.05, 0.1) is 0 Å². The molecule has 0 fully saturated rings. The first-order chi connectivity index (χ1) is 9.36. The van der Waals surface area contributed by atoms with Crippen molar-refractivity contribution in [2.24, 2.45) is 0 Å². The van der Waals surface area contributed by atoms with E-state index in [-0.39, 0.29) is 4.90 Å². The number of benzene rings is 2. The molecule has 0 saturated carbocycles. The summed E-state index contributed by atoms with van der Waals surface area (Å²) < 4.78 is 30.1. The number of hydrogen-bond acceptors (Lipinski definition) is 4. The van der Waals surface area contributed by atoms with Gasteiger partial charge < -0.3 is 5.73 Å². The fourth-order valence-corrected chi connectivity index (χ4v) is 2.74. The molecule has 0 atom stereocenters. The van der Waals surface area contributed by atoms with Crippen molar-refractivity contribution in [3.63, 3.8) is 0 Å². The standard InChI is InChI=1S/C7H7NO.C6H5BrO3S/c8-7-4-2-1-3-6(7)5-9;7-5-3-1-2-4-6(5)11(8,9)10/h1-5H,8H2;1-4H,(H,8,9,10). The molecule has 5 nitrogen and oxygen atoms in total. The van der Waals surface area contributed by atoms with Crippen LogP contribution in [0.25, 0.3) is 0 Å². The van der Waals surface area contributed by atoms with Gasteiger partial charge in [-0.2, -0.15) is 8.42 Å². The Morgan fingerprint density at radius 3 is 2.00 bits per heavy atom. The van der Waals surface area contributed by atoms with Crippen LogP contribution >= 0.6 is 15.9 Å². The molecule has 0 amide bonds. The molecule has 0 saturated heterocycles. The minimum Gasteiger partial charge on any atom is -0.398 e. The second-order valence-electron chi connectivity index (χ2n) is 3.65. The molecule has 0 unspecified atom stereocenters. The van der Waals surface area contributed by atoms with Crippen LogP contribution in [0.2, 0.25) is 0 Å². The van der Waals surface area contributed by atoms with Crippen molar-refractivity contribution in [2.45, 2.75) is 4.90 Å². The molecule has 0 heterocycles. The van der Waals surface area contributed by atoms with Crippen LogP contribution in [-0.4, -0.2) is 19.3 Å². The van der Waals surface area contributed by atoms with E-state index < -0.39 is 10.1 Å². The second-order valence-corrected chi connectivity index (χ2v) is 5.90. The van der Waals surface area contributed by atoms with Gasteiger partial charge in [0, 0.05) is 15.7 Å². The number of rotatable bonds is 2. The Kier molecular flexibility index (Phi) is 5.87. The second kappa shape index (κ2) is 7.18. The third-order valence-electron chi connectivity index (χ3n) is 2.24. The van der Waals surface area contributed by atoms with Gasteiger partial charge in [0.2, 0.25) is 0 Å². The molecule has 20 heavy (non-hydrogen) atoms. The van der Waals surface area contributed by atoms with Gasteiger partial charge in [-0.15, -0.1) is 0 Å². The summed E-state index contributed by atoms with van der Waals surface area (Å²) in [4.78, 5) is 10.0. The normalized spacial score (nSPS) is 10.3. The Bertz CT molecular complexity index is 701. The highest BCUT2D eigenvalue weighted by Crippen LogP contribution is 2.20. The Labute approximate surface area is 125 Å². The van der Waals surface area contributed by atoms with E-state index in [0.717, 1.165) is 6.29 Å². The predicted molar refractivity (Wildman–Crippen MR) is 80.2 cm³/mol. The minimum atomic E-state index is -4.08. The van der Waals surface area contributed by atoms with Gasteiger partial charge in [-0.3, -0.25) is 9.35 Å². The van der Waals surface area contributed by atoms with E-state index in [9.17, 15) is 13.2 Å². The molecule has 0 aromatic heterocycles. The molecule has 0 aliphatic carbocycles. The van der Waals surface area contributed by atoms with E-state index >= 15 is 0 Å². The molecule has 2 aromatic carbocycles. The third kappa shape index (κ3) is 4.76. The monoisotopic (exact) mass is 357 g/mol. The molecular weight excluding hydrogens is 346 g/mol. The molecule has 0 spiro atoms. The van der Waals surface area contributed by atoms with Crippen LogP contribution < -0.4 is 5.73 Å². The topological polar surface area (TPSA) is 97.5 Å². The maximum Gasteiger partial charge on any atom is 0.295 e. The number of halogens is 1. The quantitative estimate of drug-likeness (QED) is 0.489. The van der Waals surface area contributed by atoms with Gasteiger partial charge in [0.1, 0.15) is 4.90 Å². The number of carbonyl (C=O) groups is 1. The van der Waals surface area contributed by atoms with Crippen molar-refractivity contribution in [2.75, 3.05) is 5.73 Å². The van der Waals surface area contributed by atoms with Gasteiger partial charge in [-0.05, 0) is 40.2 Å². The fraction of sp³-hybridized carbons (Fsp3) is 0. The molecule has 106 valence electrons. The molecular formula is C13H12BrNO4S. The van der Waals surface area contributed by atoms with Gasteiger partial charge in [-0.1, -0.05) is 24.3 Å².